The molecule has 0 amide bonds. The molecule has 8 atom stereocenters. The first-order chi connectivity index (χ1) is 22.0. The summed E-state index contributed by atoms with van der Waals surface area (Å²) < 4.78 is 6.08. The van der Waals surface area contributed by atoms with Gasteiger partial charge in [-0.05, 0) is 120 Å². The summed E-state index contributed by atoms with van der Waals surface area (Å²) in [5.74, 6) is 5.83. The molecule has 0 spiro atoms. The van der Waals surface area contributed by atoms with E-state index in [2.05, 4.69) is 66.6 Å². The van der Waals surface area contributed by atoms with Crippen molar-refractivity contribution in [1.82, 2.24) is 0 Å². The molecule has 4 saturated carbocycles. The normalized spacial score (nSPS) is 30.0. The fourth-order valence-corrected chi connectivity index (χ4v) is 22.3. The molecule has 0 aliphatic heterocycles. The maximum Gasteiger partial charge on any atom is 2.00 e. The van der Waals surface area contributed by atoms with Crippen molar-refractivity contribution in [3.8, 4) is 0 Å². The van der Waals surface area contributed by atoms with E-state index in [1.54, 1.807) is 90.3 Å². The number of carboxylic acid groups (broad SMARTS) is 1. The summed E-state index contributed by atoms with van der Waals surface area (Å²) in [6, 6.07) is 4.91. The predicted octanol–water partition coefficient (Wildman–Crippen LogP) is 15.2. The van der Waals surface area contributed by atoms with Crippen molar-refractivity contribution < 1.29 is 40.8 Å². The number of fused-ring (bicyclic) bond motifs is 2. The van der Waals surface area contributed by atoms with Crippen molar-refractivity contribution in [2.24, 2.45) is 40.9 Å². The summed E-state index contributed by atoms with van der Waals surface area (Å²) in [6.45, 7) is 31.6. The number of aliphatic carboxylic acids is 1. The minimum Gasteiger partial charge on any atom is -0.481 e. The molecule has 0 bridgehead atoms. The standard InChI is InChI=1S/C37H74OSi3.C5H10O2.CH4.2CH3.Zr/c1-37(2,3)38-23-17-11-12-18-24-41(10,35-25-29(27-39(4,5)6)31-19-13-15-21-33(31)35)36-26-30(28-40(7,8)9)32-20-14-16-22-34(32)36;1-5(2,3)4(6)7;;;;/h29-36H,11-28H2,1-10H3;1-3H3,(H,6,7);1H4;2*1H3;/q;;;2*-1;+2. The number of unbranched alkanes of at least 4 members (excludes halogenated alkanes) is 3. The minimum atomic E-state index is -1.43. The second-order valence-electron chi connectivity index (χ2n) is 22.1. The van der Waals surface area contributed by atoms with Crippen molar-refractivity contribution in [3.05, 3.63) is 14.9 Å². The summed E-state index contributed by atoms with van der Waals surface area (Å²) in [7, 11) is -3.50. The molecule has 0 aromatic heterocycles. The Hall–Kier alpha value is 0.964. The van der Waals surface area contributed by atoms with Gasteiger partial charge in [0, 0.05) is 22.8 Å². The summed E-state index contributed by atoms with van der Waals surface area (Å²) in [5.41, 5.74) is 1.73. The fourth-order valence-electron chi connectivity index (χ4n) is 11.4. The Kier molecular flexibility index (Phi) is 24.1. The molecule has 4 rings (SSSR count). The van der Waals surface area contributed by atoms with Gasteiger partial charge in [-0.2, -0.15) is 0 Å². The molecule has 0 aromatic rings. The Labute approximate surface area is 350 Å². The van der Waals surface area contributed by atoms with Gasteiger partial charge < -0.3 is 24.7 Å². The zero-order valence-electron chi connectivity index (χ0n) is 37.1. The van der Waals surface area contributed by atoms with Crippen molar-refractivity contribution in [2.75, 3.05) is 6.61 Å². The first-order valence-electron chi connectivity index (χ1n) is 20.9. The molecular weight excluding hydrogens is 764 g/mol. The monoisotopic (exact) mass is 857 g/mol. The van der Waals surface area contributed by atoms with Crippen LogP contribution in [0.15, 0.2) is 0 Å². The van der Waals surface area contributed by atoms with E-state index in [1.165, 1.54) is 38.5 Å². The van der Waals surface area contributed by atoms with Gasteiger partial charge in [-0.25, -0.2) is 0 Å². The Morgan fingerprint density at radius 1 is 0.635 bits per heavy atom. The van der Waals surface area contributed by atoms with Gasteiger partial charge in [0.15, 0.2) is 0 Å². The molecule has 7 heteroatoms. The van der Waals surface area contributed by atoms with Crippen LogP contribution in [-0.4, -0.2) is 47.5 Å². The van der Waals surface area contributed by atoms with Gasteiger partial charge >= 0.3 is 32.2 Å². The second-order valence-corrected chi connectivity index (χ2v) is 38.2. The van der Waals surface area contributed by atoms with Gasteiger partial charge in [0.1, 0.15) is 0 Å². The van der Waals surface area contributed by atoms with Crippen LogP contribution in [0, 0.1) is 55.8 Å². The smallest absolute Gasteiger partial charge is 0.481 e. The van der Waals surface area contributed by atoms with Crippen LogP contribution in [0.1, 0.15) is 139 Å². The molecule has 0 heterocycles. The van der Waals surface area contributed by atoms with Crippen LogP contribution in [0.2, 0.25) is 75.0 Å². The van der Waals surface area contributed by atoms with Gasteiger partial charge in [0.25, 0.3) is 0 Å². The number of rotatable bonds is 13. The van der Waals surface area contributed by atoms with E-state index in [1.807, 2.05) is 0 Å². The average molecular weight is 859 g/mol. The summed E-state index contributed by atoms with van der Waals surface area (Å²) in [5, 5.41) is 8.25. The van der Waals surface area contributed by atoms with Crippen molar-refractivity contribution in [2.45, 2.75) is 220 Å². The molecule has 4 aliphatic carbocycles. The van der Waals surface area contributed by atoms with Gasteiger partial charge in [0.05, 0.1) is 19.1 Å². The fraction of sp³-hybridized carbons (Fsp3) is 0.933. The van der Waals surface area contributed by atoms with Crippen LogP contribution < -0.4 is 0 Å². The first-order valence-corrected chi connectivity index (χ1v) is 31.2. The molecule has 4 fully saturated rings. The summed E-state index contributed by atoms with van der Waals surface area (Å²) in [6.07, 6.45) is 21.5. The summed E-state index contributed by atoms with van der Waals surface area (Å²) >= 11 is 0. The topological polar surface area (TPSA) is 46.5 Å². The molecule has 0 radical (unpaired) electrons. The van der Waals surface area contributed by atoms with Crippen LogP contribution in [0.4, 0.5) is 0 Å². The molecule has 308 valence electrons. The molecular formula is C45H94O3Si3Zr. The van der Waals surface area contributed by atoms with Gasteiger partial charge in [-0.1, -0.05) is 129 Å². The molecule has 52 heavy (non-hydrogen) atoms. The van der Waals surface area contributed by atoms with E-state index in [9.17, 15) is 4.79 Å². The maximum absolute atomic E-state index is 10.0. The van der Waals surface area contributed by atoms with Crippen LogP contribution in [-0.2, 0) is 35.7 Å². The van der Waals surface area contributed by atoms with E-state index in [-0.39, 0.29) is 54.1 Å². The third-order valence-corrected chi connectivity index (χ3v) is 23.0. The first kappa shape index (κ1) is 55.1. The number of hydrogen-bond acceptors (Lipinski definition) is 2. The van der Waals surface area contributed by atoms with E-state index in [0.29, 0.717) is 0 Å². The predicted molar refractivity (Wildman–Crippen MR) is 238 cm³/mol. The van der Waals surface area contributed by atoms with Gasteiger partial charge in [-0.15, -0.1) is 0 Å². The largest absolute Gasteiger partial charge is 2.00 e. The molecule has 0 saturated heterocycles. The molecule has 8 unspecified atom stereocenters. The van der Waals surface area contributed by atoms with Crippen LogP contribution in [0.5, 0.6) is 0 Å². The average Bonchev–Trinajstić information content (AvgIpc) is 3.49. The van der Waals surface area contributed by atoms with E-state index >= 15 is 0 Å². The Bertz CT molecular complexity index is 942. The second kappa shape index (κ2) is 22.8. The third-order valence-electron chi connectivity index (χ3n) is 13.3. The van der Waals surface area contributed by atoms with Crippen molar-refractivity contribution >= 4 is 30.2 Å². The number of carbonyl (C=O) groups is 1. The van der Waals surface area contributed by atoms with Crippen molar-refractivity contribution in [1.29, 1.82) is 0 Å². The third kappa shape index (κ3) is 16.8. The quantitative estimate of drug-likeness (QED) is 0.114. The Morgan fingerprint density at radius 3 is 1.31 bits per heavy atom. The maximum atomic E-state index is 10.0. The minimum absolute atomic E-state index is 0. The zero-order valence-corrected chi connectivity index (χ0v) is 42.6. The molecule has 0 aromatic carbocycles. The van der Waals surface area contributed by atoms with Crippen LogP contribution in [0.25, 0.3) is 0 Å². The van der Waals surface area contributed by atoms with Gasteiger partial charge in [-0.3, -0.25) is 4.79 Å². The Morgan fingerprint density at radius 2 is 0.981 bits per heavy atom. The molecule has 1 N–H and O–H groups in total. The number of ether oxygens (including phenoxy) is 1. The zero-order chi connectivity index (χ0) is 36.1. The molecule has 3 nitrogen and oxygen atoms in total. The SMILES string of the molecule is C.CC(C)(C)C(=O)O.CC(C)(C)OCCCCCC[Si](C)(C1CC(C[Si](C)(C)C)C2CCCCC21)C1CC(C[Si](C)(C)C)C2CCCCC21.[CH3-].[CH3-].[Zr+2]. The van der Waals surface area contributed by atoms with Crippen molar-refractivity contribution in [3.63, 3.8) is 0 Å². The van der Waals surface area contributed by atoms with Gasteiger partial charge in [0.2, 0.25) is 0 Å². The van der Waals surface area contributed by atoms with Crippen LogP contribution in [0.3, 0.4) is 0 Å². The van der Waals surface area contributed by atoms with E-state index < -0.39 is 35.6 Å². The number of carboxylic acids is 1. The van der Waals surface area contributed by atoms with E-state index in [0.717, 1.165) is 53.2 Å². The molecule has 4 aliphatic rings. The van der Waals surface area contributed by atoms with E-state index in [4.69, 9.17) is 9.84 Å². The van der Waals surface area contributed by atoms with Crippen LogP contribution >= 0.6 is 0 Å². The number of hydrogen-bond donors (Lipinski definition) is 1. The summed E-state index contributed by atoms with van der Waals surface area (Å²) in [4.78, 5) is 10.0. The Balaban J connectivity index is 0.